The SMILES string of the molecule is C=C1C[C@]23C[C@@]1(O)CC[C@H]2[C@@]12C=C[C@H](O)[C@@](C)(C(=O)O1)C2[C@@H]3C(=O)O. The third kappa shape index (κ3) is 1.36. The van der Waals surface area contributed by atoms with E-state index in [-0.39, 0.29) is 5.92 Å². The second kappa shape index (κ2) is 4.01. The largest absolute Gasteiger partial charge is 0.481 e. The second-order valence-corrected chi connectivity index (χ2v) is 8.94. The van der Waals surface area contributed by atoms with E-state index in [1.165, 1.54) is 0 Å². The number of hydrogen-bond donors (Lipinski definition) is 3. The molecule has 5 rings (SSSR count). The molecule has 0 aromatic heterocycles. The molecule has 1 heterocycles. The highest BCUT2D eigenvalue weighted by Gasteiger charge is 2.83. The minimum atomic E-state index is -1.27. The molecule has 6 nitrogen and oxygen atoms in total. The number of aliphatic carboxylic acids is 1. The summed E-state index contributed by atoms with van der Waals surface area (Å²) in [7, 11) is 0. The van der Waals surface area contributed by atoms with Gasteiger partial charge in [-0.15, -0.1) is 0 Å². The van der Waals surface area contributed by atoms with Crippen LogP contribution in [-0.4, -0.2) is 44.6 Å². The Hall–Kier alpha value is -1.66. The summed E-state index contributed by atoms with van der Waals surface area (Å²) in [4.78, 5) is 25.1. The zero-order valence-electron chi connectivity index (χ0n) is 14.1. The Morgan fingerprint density at radius 3 is 2.84 bits per heavy atom. The maximum absolute atomic E-state index is 12.7. The molecule has 4 aliphatic carbocycles. The highest BCUT2D eigenvalue weighted by Crippen LogP contribution is 2.77. The van der Waals surface area contributed by atoms with Crippen molar-refractivity contribution in [1.29, 1.82) is 0 Å². The summed E-state index contributed by atoms with van der Waals surface area (Å²) < 4.78 is 5.87. The van der Waals surface area contributed by atoms with Gasteiger partial charge in [0.15, 0.2) is 0 Å². The third-order valence-corrected chi connectivity index (χ3v) is 8.12. The first-order valence-electron chi connectivity index (χ1n) is 8.86. The average Bonchev–Trinajstić information content (AvgIpc) is 2.95. The zero-order chi connectivity index (χ0) is 18.0. The highest BCUT2D eigenvalue weighted by molar-refractivity contribution is 5.86. The lowest BCUT2D eigenvalue weighted by atomic mass is 9.61. The Labute approximate surface area is 145 Å². The molecule has 0 radical (unpaired) electrons. The number of carboxylic acids is 1. The molecule has 3 saturated carbocycles. The maximum Gasteiger partial charge on any atom is 0.316 e. The van der Waals surface area contributed by atoms with E-state index in [1.807, 2.05) is 0 Å². The van der Waals surface area contributed by atoms with E-state index in [0.29, 0.717) is 31.3 Å². The molecule has 25 heavy (non-hydrogen) atoms. The number of fused-ring (bicyclic) bond motifs is 1. The van der Waals surface area contributed by atoms with E-state index >= 15 is 0 Å². The molecule has 8 atom stereocenters. The van der Waals surface area contributed by atoms with E-state index in [2.05, 4.69) is 6.58 Å². The standard InChI is InChI=1S/C19H22O6/c1-9-7-17-8-18(9,24)5-3-10(17)19-6-4-11(20)16(2,15(23)25-19)13(19)12(17)14(21)22/h4,6,10-13,20,24H,1,3,5,7-8H2,2H3,(H,21,22)/t10-,11+,12-,13?,16-,17+,18+,19-/m1/s1. The van der Waals surface area contributed by atoms with Crippen molar-refractivity contribution in [2.24, 2.45) is 28.6 Å². The van der Waals surface area contributed by atoms with Gasteiger partial charge in [-0.2, -0.15) is 0 Å². The minimum absolute atomic E-state index is 0.180. The molecule has 0 amide bonds. The van der Waals surface area contributed by atoms with Crippen molar-refractivity contribution in [3.63, 3.8) is 0 Å². The number of rotatable bonds is 1. The number of carbonyl (C=O) groups is 2. The van der Waals surface area contributed by atoms with Gasteiger partial charge in [-0.25, -0.2) is 0 Å². The number of aliphatic hydroxyl groups is 2. The van der Waals surface area contributed by atoms with Crippen molar-refractivity contribution in [2.75, 3.05) is 0 Å². The molecule has 5 aliphatic rings. The summed E-state index contributed by atoms with van der Waals surface area (Å²) in [6.45, 7) is 5.64. The van der Waals surface area contributed by atoms with E-state index in [0.717, 1.165) is 0 Å². The molecule has 1 saturated heterocycles. The Balaban J connectivity index is 1.78. The van der Waals surface area contributed by atoms with Crippen molar-refractivity contribution in [1.82, 2.24) is 0 Å². The normalized spacial score (nSPS) is 58.0. The van der Waals surface area contributed by atoms with Crippen molar-refractivity contribution in [2.45, 2.75) is 49.9 Å². The second-order valence-electron chi connectivity index (χ2n) is 8.94. The lowest BCUT2D eigenvalue weighted by Crippen LogP contribution is -2.50. The van der Waals surface area contributed by atoms with Crippen LogP contribution in [0.5, 0.6) is 0 Å². The maximum atomic E-state index is 12.7. The van der Waals surface area contributed by atoms with Gasteiger partial charge in [0.2, 0.25) is 0 Å². The fourth-order valence-electron chi connectivity index (χ4n) is 7.13. The average molecular weight is 346 g/mol. The van der Waals surface area contributed by atoms with Crippen LogP contribution in [0.3, 0.4) is 0 Å². The number of hydrogen-bond acceptors (Lipinski definition) is 5. The fraction of sp³-hybridized carbons (Fsp3) is 0.684. The fourth-order valence-corrected chi connectivity index (χ4v) is 7.13. The van der Waals surface area contributed by atoms with Crippen LogP contribution >= 0.6 is 0 Å². The van der Waals surface area contributed by atoms with Gasteiger partial charge in [-0.1, -0.05) is 12.7 Å². The summed E-state index contributed by atoms with van der Waals surface area (Å²) in [5.74, 6) is -3.18. The van der Waals surface area contributed by atoms with Crippen LogP contribution in [0.15, 0.2) is 24.3 Å². The van der Waals surface area contributed by atoms with E-state index < -0.39 is 51.9 Å². The number of aliphatic hydroxyl groups excluding tert-OH is 1. The minimum Gasteiger partial charge on any atom is -0.481 e. The van der Waals surface area contributed by atoms with Crippen LogP contribution in [-0.2, 0) is 14.3 Å². The van der Waals surface area contributed by atoms with Crippen molar-refractivity contribution < 1.29 is 29.6 Å². The molecule has 134 valence electrons. The molecule has 0 aromatic carbocycles. The van der Waals surface area contributed by atoms with E-state index in [9.17, 15) is 24.9 Å². The van der Waals surface area contributed by atoms with Gasteiger partial charge < -0.3 is 20.1 Å². The van der Waals surface area contributed by atoms with Crippen LogP contribution < -0.4 is 0 Å². The molecule has 4 bridgehead atoms. The van der Waals surface area contributed by atoms with Gasteiger partial charge in [-0.3, -0.25) is 9.59 Å². The first-order chi connectivity index (χ1) is 11.6. The number of ether oxygens (including phenoxy) is 1. The van der Waals surface area contributed by atoms with Gasteiger partial charge in [0.25, 0.3) is 0 Å². The van der Waals surface area contributed by atoms with Gasteiger partial charge >= 0.3 is 11.9 Å². The quantitative estimate of drug-likeness (QED) is 0.484. The predicted molar refractivity (Wildman–Crippen MR) is 85.2 cm³/mol. The Morgan fingerprint density at radius 1 is 1.44 bits per heavy atom. The Morgan fingerprint density at radius 2 is 2.16 bits per heavy atom. The van der Waals surface area contributed by atoms with Crippen LogP contribution in [0, 0.1) is 28.6 Å². The Bertz CT molecular complexity index is 772. The molecule has 3 N–H and O–H groups in total. The molecule has 0 aromatic rings. The monoisotopic (exact) mass is 346 g/mol. The van der Waals surface area contributed by atoms with Crippen LogP contribution in [0.2, 0.25) is 0 Å². The molecular formula is C19H22O6. The lowest BCUT2D eigenvalue weighted by Gasteiger charge is -2.44. The van der Waals surface area contributed by atoms with Crippen molar-refractivity contribution in [3.8, 4) is 0 Å². The van der Waals surface area contributed by atoms with E-state index in [1.54, 1.807) is 19.1 Å². The first kappa shape index (κ1) is 15.6. The molecular weight excluding hydrogens is 324 g/mol. The first-order valence-corrected chi connectivity index (χ1v) is 8.86. The van der Waals surface area contributed by atoms with Crippen LogP contribution in [0.4, 0.5) is 0 Å². The van der Waals surface area contributed by atoms with Crippen LogP contribution in [0.1, 0.15) is 32.6 Å². The molecule has 1 unspecified atom stereocenters. The van der Waals surface area contributed by atoms with E-state index in [4.69, 9.17) is 4.74 Å². The molecule has 6 heteroatoms. The number of carboxylic acid groups (broad SMARTS) is 1. The van der Waals surface area contributed by atoms with Gasteiger partial charge in [-0.05, 0) is 49.7 Å². The van der Waals surface area contributed by atoms with Gasteiger partial charge in [0.05, 0.1) is 17.6 Å². The molecule has 4 fully saturated rings. The molecule has 1 aliphatic heterocycles. The van der Waals surface area contributed by atoms with Gasteiger partial charge in [0, 0.05) is 11.8 Å². The topological polar surface area (TPSA) is 104 Å². The zero-order valence-corrected chi connectivity index (χ0v) is 14.1. The van der Waals surface area contributed by atoms with Crippen molar-refractivity contribution in [3.05, 3.63) is 24.3 Å². The van der Waals surface area contributed by atoms with Gasteiger partial charge in [0.1, 0.15) is 11.0 Å². The summed E-state index contributed by atoms with van der Waals surface area (Å²) in [5.41, 5.74) is -3.29. The summed E-state index contributed by atoms with van der Waals surface area (Å²) in [5, 5.41) is 31.6. The van der Waals surface area contributed by atoms with Crippen LogP contribution in [0.25, 0.3) is 0 Å². The molecule has 1 spiro atoms. The summed E-state index contributed by atoms with van der Waals surface area (Å²) in [6, 6.07) is 0. The predicted octanol–water partition coefficient (Wildman–Crippen LogP) is 1.03. The lowest BCUT2D eigenvalue weighted by molar-refractivity contribution is -0.163. The number of carbonyl (C=O) groups excluding carboxylic acids is 1. The number of esters is 1. The van der Waals surface area contributed by atoms with Crippen molar-refractivity contribution >= 4 is 11.9 Å². The Kier molecular flexibility index (Phi) is 2.50. The third-order valence-electron chi connectivity index (χ3n) is 8.12. The summed E-state index contributed by atoms with van der Waals surface area (Å²) in [6.07, 6.45) is 4.11. The summed E-state index contributed by atoms with van der Waals surface area (Å²) >= 11 is 0. The highest BCUT2D eigenvalue weighted by atomic mass is 16.6. The smallest absolute Gasteiger partial charge is 0.316 e.